The van der Waals surface area contributed by atoms with E-state index in [4.69, 9.17) is 10.00 Å². The highest BCUT2D eigenvalue weighted by atomic mass is 16.5. The Hall–Kier alpha value is -2.35. The molecule has 23 heavy (non-hydrogen) atoms. The normalized spacial score (nSPS) is 11.0. The first-order valence-electron chi connectivity index (χ1n) is 7.60. The molecule has 2 rings (SSSR count). The lowest BCUT2D eigenvalue weighted by Gasteiger charge is -2.23. The highest BCUT2D eigenvalue weighted by Crippen LogP contribution is 2.17. The summed E-state index contributed by atoms with van der Waals surface area (Å²) in [5, 5.41) is 21.7. The Morgan fingerprint density at radius 3 is 2.70 bits per heavy atom. The number of hydrogen-bond donors (Lipinski definition) is 2. The van der Waals surface area contributed by atoms with Gasteiger partial charge in [-0.05, 0) is 37.6 Å². The molecule has 0 heterocycles. The van der Waals surface area contributed by atoms with Gasteiger partial charge in [0.15, 0.2) is 0 Å². The zero-order valence-electron chi connectivity index (χ0n) is 13.5. The maximum atomic E-state index is 9.27. The quantitative estimate of drug-likeness (QED) is 0.825. The van der Waals surface area contributed by atoms with Gasteiger partial charge in [-0.2, -0.15) is 5.26 Å². The predicted molar refractivity (Wildman–Crippen MR) is 89.9 cm³/mol. The van der Waals surface area contributed by atoms with Gasteiger partial charge >= 0.3 is 0 Å². The Kier molecular flexibility index (Phi) is 5.75. The molecule has 0 amide bonds. The van der Waals surface area contributed by atoms with Gasteiger partial charge < -0.3 is 15.2 Å². The van der Waals surface area contributed by atoms with Crippen LogP contribution in [0.5, 0.6) is 5.75 Å². The van der Waals surface area contributed by atoms with Crippen molar-refractivity contribution in [2.24, 2.45) is 0 Å². The molecule has 0 spiro atoms. The fraction of sp³-hybridized carbons (Fsp3) is 0.316. The van der Waals surface area contributed by atoms with E-state index in [2.05, 4.69) is 11.4 Å². The van der Waals surface area contributed by atoms with Crippen LogP contribution in [0.25, 0.3) is 0 Å². The molecule has 0 aliphatic heterocycles. The summed E-state index contributed by atoms with van der Waals surface area (Å²) in [6, 6.07) is 17.4. The third-order valence-corrected chi connectivity index (χ3v) is 3.60. The highest BCUT2D eigenvalue weighted by Gasteiger charge is 2.14. The Bertz CT molecular complexity index is 690. The summed E-state index contributed by atoms with van der Waals surface area (Å²) in [6.07, 6.45) is 0. The van der Waals surface area contributed by atoms with Gasteiger partial charge in [0.1, 0.15) is 12.4 Å². The zero-order chi connectivity index (χ0) is 16.7. The molecule has 2 aromatic rings. The first-order chi connectivity index (χ1) is 11.0. The van der Waals surface area contributed by atoms with E-state index in [0.29, 0.717) is 18.7 Å². The first kappa shape index (κ1) is 17.0. The molecule has 4 heteroatoms. The fourth-order valence-electron chi connectivity index (χ4n) is 2.06. The molecule has 0 aromatic heterocycles. The van der Waals surface area contributed by atoms with E-state index in [9.17, 15) is 5.11 Å². The van der Waals surface area contributed by atoms with E-state index in [-0.39, 0.29) is 12.1 Å². The van der Waals surface area contributed by atoms with Crippen LogP contribution in [0, 0.1) is 11.3 Å². The molecule has 2 N–H and O–H groups in total. The smallest absolute Gasteiger partial charge is 0.120 e. The van der Waals surface area contributed by atoms with Crippen LogP contribution in [-0.2, 0) is 13.2 Å². The third kappa shape index (κ3) is 5.10. The Balaban J connectivity index is 1.99. The lowest BCUT2D eigenvalue weighted by molar-refractivity contribution is 0.187. The summed E-state index contributed by atoms with van der Waals surface area (Å²) in [4.78, 5) is 0. The average Bonchev–Trinajstić information content (AvgIpc) is 2.59. The predicted octanol–water partition coefficient (Wildman–Crippen LogP) is 3.00. The van der Waals surface area contributed by atoms with E-state index in [1.807, 2.05) is 56.3 Å². The van der Waals surface area contributed by atoms with Gasteiger partial charge in [-0.1, -0.05) is 30.3 Å². The van der Waals surface area contributed by atoms with E-state index in [0.717, 1.165) is 16.9 Å². The van der Waals surface area contributed by atoms with Gasteiger partial charge in [0.25, 0.3) is 0 Å². The molecule has 0 saturated carbocycles. The van der Waals surface area contributed by atoms with Crippen LogP contribution in [0.1, 0.15) is 30.5 Å². The van der Waals surface area contributed by atoms with E-state index in [1.165, 1.54) is 0 Å². The summed E-state index contributed by atoms with van der Waals surface area (Å²) in [5.41, 5.74) is 2.27. The number of rotatable bonds is 7. The summed E-state index contributed by atoms with van der Waals surface area (Å²) in [5.74, 6) is 0.763. The van der Waals surface area contributed by atoms with Crippen LogP contribution in [0.3, 0.4) is 0 Å². The molecule has 4 nitrogen and oxygen atoms in total. The SMILES string of the molecule is CC(C)(CO)NCc1cccc(OCc2ccccc2C#N)c1. The minimum Gasteiger partial charge on any atom is -0.489 e. The Morgan fingerprint density at radius 2 is 1.96 bits per heavy atom. The van der Waals surface area contributed by atoms with Crippen molar-refractivity contribution in [3.63, 3.8) is 0 Å². The number of hydrogen-bond acceptors (Lipinski definition) is 4. The van der Waals surface area contributed by atoms with E-state index >= 15 is 0 Å². The molecule has 2 aromatic carbocycles. The average molecular weight is 310 g/mol. The fourth-order valence-corrected chi connectivity index (χ4v) is 2.06. The van der Waals surface area contributed by atoms with Gasteiger partial charge in [-0.3, -0.25) is 0 Å². The van der Waals surface area contributed by atoms with Crippen molar-refractivity contribution >= 4 is 0 Å². The van der Waals surface area contributed by atoms with Crippen molar-refractivity contribution in [1.29, 1.82) is 5.26 Å². The summed E-state index contributed by atoms with van der Waals surface area (Å²) < 4.78 is 5.81. The minimum atomic E-state index is -0.317. The molecule has 0 radical (unpaired) electrons. The maximum absolute atomic E-state index is 9.27. The van der Waals surface area contributed by atoms with E-state index < -0.39 is 0 Å². The number of benzene rings is 2. The van der Waals surface area contributed by atoms with Crippen molar-refractivity contribution in [3.8, 4) is 11.8 Å². The molecule has 0 fully saturated rings. The van der Waals surface area contributed by atoms with Gasteiger partial charge in [0, 0.05) is 17.6 Å². The largest absolute Gasteiger partial charge is 0.489 e. The van der Waals surface area contributed by atoms with Gasteiger partial charge in [-0.25, -0.2) is 0 Å². The highest BCUT2D eigenvalue weighted by molar-refractivity contribution is 5.37. The van der Waals surface area contributed by atoms with Crippen LogP contribution < -0.4 is 10.1 Å². The summed E-state index contributed by atoms with van der Waals surface area (Å²) in [7, 11) is 0. The van der Waals surface area contributed by atoms with Crippen LogP contribution in [0.15, 0.2) is 48.5 Å². The first-order valence-corrected chi connectivity index (χ1v) is 7.60. The van der Waals surface area contributed by atoms with Crippen LogP contribution in [0.4, 0.5) is 0 Å². The lowest BCUT2D eigenvalue weighted by Crippen LogP contribution is -2.42. The van der Waals surface area contributed by atoms with Gasteiger partial charge in [0.05, 0.1) is 18.2 Å². The standard InChI is InChI=1S/C19H22N2O2/c1-19(2,14-22)21-12-15-6-5-9-18(10-15)23-13-17-8-4-3-7-16(17)11-20/h3-10,21-22H,12-14H2,1-2H3. The van der Waals surface area contributed by atoms with Crippen molar-refractivity contribution in [2.75, 3.05) is 6.61 Å². The van der Waals surface area contributed by atoms with Crippen LogP contribution in [-0.4, -0.2) is 17.3 Å². The number of nitriles is 1. The summed E-state index contributed by atoms with van der Waals surface area (Å²) in [6.45, 7) is 4.99. The van der Waals surface area contributed by atoms with E-state index in [1.54, 1.807) is 6.07 Å². The Morgan fingerprint density at radius 1 is 1.17 bits per heavy atom. The monoisotopic (exact) mass is 310 g/mol. The molecule has 120 valence electrons. The molecule has 0 saturated heterocycles. The van der Waals surface area contributed by atoms with Crippen LogP contribution in [0.2, 0.25) is 0 Å². The number of aliphatic hydroxyl groups excluding tert-OH is 1. The molecule has 0 atom stereocenters. The third-order valence-electron chi connectivity index (χ3n) is 3.60. The minimum absolute atomic E-state index is 0.0775. The van der Waals surface area contributed by atoms with Crippen molar-refractivity contribution < 1.29 is 9.84 Å². The maximum Gasteiger partial charge on any atom is 0.120 e. The zero-order valence-corrected chi connectivity index (χ0v) is 13.5. The van der Waals surface area contributed by atoms with Crippen molar-refractivity contribution in [1.82, 2.24) is 5.32 Å². The second-order valence-corrected chi connectivity index (χ2v) is 6.10. The molecule has 0 unspecified atom stereocenters. The summed E-state index contributed by atoms with van der Waals surface area (Å²) >= 11 is 0. The second-order valence-electron chi connectivity index (χ2n) is 6.10. The number of nitrogens with zero attached hydrogens (tertiary/aromatic N) is 1. The van der Waals surface area contributed by atoms with Crippen molar-refractivity contribution in [3.05, 3.63) is 65.2 Å². The number of aliphatic hydroxyl groups is 1. The lowest BCUT2D eigenvalue weighted by atomic mass is 10.1. The number of ether oxygens (including phenoxy) is 1. The number of nitrogens with one attached hydrogen (secondary N) is 1. The van der Waals surface area contributed by atoms with Crippen molar-refractivity contribution in [2.45, 2.75) is 32.5 Å². The molecule has 0 aliphatic rings. The molecule has 0 aliphatic carbocycles. The molecular formula is C19H22N2O2. The van der Waals surface area contributed by atoms with Gasteiger partial charge in [-0.15, -0.1) is 0 Å². The Labute approximate surface area is 137 Å². The van der Waals surface area contributed by atoms with Crippen LogP contribution >= 0.6 is 0 Å². The topological polar surface area (TPSA) is 65.3 Å². The second kappa shape index (κ2) is 7.77. The molecule has 0 bridgehead atoms. The van der Waals surface area contributed by atoms with Gasteiger partial charge in [0.2, 0.25) is 0 Å². The molecular weight excluding hydrogens is 288 g/mol.